The number of carbonyl (C=O) groups is 1. The van der Waals surface area contributed by atoms with Gasteiger partial charge in [-0.15, -0.1) is 11.3 Å². The lowest BCUT2D eigenvalue weighted by Crippen LogP contribution is -2.02. The van der Waals surface area contributed by atoms with Crippen LogP contribution in [0.3, 0.4) is 0 Å². The van der Waals surface area contributed by atoms with Gasteiger partial charge in [0.15, 0.2) is 0 Å². The van der Waals surface area contributed by atoms with Gasteiger partial charge in [-0.2, -0.15) is 0 Å². The maximum atomic E-state index is 11.1. The van der Waals surface area contributed by atoms with Gasteiger partial charge in [0.2, 0.25) is 0 Å². The molecule has 0 aliphatic heterocycles. The Hall–Kier alpha value is -1.52. The second-order valence-electron chi connectivity index (χ2n) is 3.96. The van der Waals surface area contributed by atoms with Crippen LogP contribution in [0.5, 0.6) is 5.75 Å². The molecule has 0 unspecified atom stereocenters. The smallest absolute Gasteiger partial charge is 0.339 e. The Morgan fingerprint density at radius 3 is 2.68 bits per heavy atom. The summed E-state index contributed by atoms with van der Waals surface area (Å²) in [5.41, 5.74) is 0.0831. The second kappa shape index (κ2) is 6.08. The van der Waals surface area contributed by atoms with E-state index in [1.807, 2.05) is 6.07 Å². The molecule has 0 spiro atoms. The van der Waals surface area contributed by atoms with Crippen LogP contribution in [0.2, 0.25) is 5.02 Å². The molecule has 0 fully saturated rings. The Labute approximate surface area is 120 Å². The molecule has 2 aromatic rings. The van der Waals surface area contributed by atoms with Crippen LogP contribution in [0.1, 0.15) is 27.0 Å². The number of aromatic carboxylic acids is 1. The lowest BCUT2D eigenvalue weighted by Gasteiger charge is -2.08. The molecule has 5 heteroatoms. The lowest BCUT2D eigenvalue weighted by molar-refractivity contribution is 0.0692. The van der Waals surface area contributed by atoms with Crippen molar-refractivity contribution >= 4 is 28.9 Å². The molecule has 0 aliphatic rings. The highest BCUT2D eigenvalue weighted by Crippen LogP contribution is 2.25. The van der Waals surface area contributed by atoms with Crippen molar-refractivity contribution in [2.24, 2.45) is 0 Å². The predicted molar refractivity (Wildman–Crippen MR) is 76.4 cm³/mol. The summed E-state index contributed by atoms with van der Waals surface area (Å²) in [5.74, 6) is -0.707. The number of benzene rings is 1. The highest BCUT2D eigenvalue weighted by molar-refractivity contribution is 7.11. The zero-order valence-electron chi connectivity index (χ0n) is 10.4. The van der Waals surface area contributed by atoms with Gasteiger partial charge in [0.25, 0.3) is 0 Å². The number of hydrogen-bond donors (Lipinski definition) is 1. The third kappa shape index (κ3) is 3.49. The summed E-state index contributed by atoms with van der Waals surface area (Å²) in [6.45, 7) is 2.46. The number of carboxylic acids is 1. The predicted octanol–water partition coefficient (Wildman–Crippen LogP) is 4.24. The Bertz CT molecular complexity index is 592. The van der Waals surface area contributed by atoms with E-state index in [1.54, 1.807) is 23.5 Å². The molecule has 19 heavy (non-hydrogen) atoms. The Morgan fingerprint density at radius 1 is 1.32 bits per heavy atom. The first kappa shape index (κ1) is 13.9. The molecule has 1 aromatic heterocycles. The molecule has 0 saturated carbocycles. The minimum atomic E-state index is -1.04. The Kier molecular flexibility index (Phi) is 4.45. The summed E-state index contributed by atoms with van der Waals surface area (Å²) in [6.07, 6.45) is 0.992. The molecule has 1 heterocycles. The summed E-state index contributed by atoms with van der Waals surface area (Å²) < 4.78 is 5.57. The van der Waals surface area contributed by atoms with Crippen molar-refractivity contribution in [3.05, 3.63) is 50.7 Å². The van der Waals surface area contributed by atoms with Crippen molar-refractivity contribution in [3.8, 4) is 5.75 Å². The average Bonchev–Trinajstić information content (AvgIpc) is 2.85. The molecule has 100 valence electrons. The largest absolute Gasteiger partial charge is 0.487 e. The van der Waals surface area contributed by atoms with Crippen molar-refractivity contribution in [3.63, 3.8) is 0 Å². The lowest BCUT2D eigenvalue weighted by atomic mass is 10.2. The fourth-order valence-electron chi connectivity index (χ4n) is 1.63. The average molecular weight is 297 g/mol. The van der Waals surface area contributed by atoms with E-state index in [9.17, 15) is 4.79 Å². The molecule has 0 bridgehead atoms. The van der Waals surface area contributed by atoms with Gasteiger partial charge in [0.1, 0.15) is 17.9 Å². The molecule has 1 aromatic carbocycles. The van der Waals surface area contributed by atoms with Crippen molar-refractivity contribution in [1.29, 1.82) is 0 Å². The van der Waals surface area contributed by atoms with Crippen LogP contribution >= 0.6 is 22.9 Å². The van der Waals surface area contributed by atoms with Crippen LogP contribution in [0.15, 0.2) is 30.3 Å². The zero-order chi connectivity index (χ0) is 13.8. The van der Waals surface area contributed by atoms with Gasteiger partial charge < -0.3 is 9.84 Å². The van der Waals surface area contributed by atoms with Crippen LogP contribution < -0.4 is 4.74 Å². The molecule has 3 nitrogen and oxygen atoms in total. The minimum absolute atomic E-state index is 0.0831. The summed E-state index contributed by atoms with van der Waals surface area (Å²) >= 11 is 7.45. The van der Waals surface area contributed by atoms with Crippen molar-refractivity contribution in [2.45, 2.75) is 20.0 Å². The molecular formula is C14H13ClO3S. The van der Waals surface area contributed by atoms with Gasteiger partial charge in [0, 0.05) is 14.8 Å². The highest BCUT2D eigenvalue weighted by Gasteiger charge is 2.12. The number of thiophene rings is 1. The van der Waals surface area contributed by atoms with E-state index in [0.717, 1.165) is 11.3 Å². The zero-order valence-corrected chi connectivity index (χ0v) is 11.9. The molecule has 1 N–H and O–H groups in total. The molecule has 0 atom stereocenters. The minimum Gasteiger partial charge on any atom is -0.487 e. The number of hydrogen-bond acceptors (Lipinski definition) is 3. The van der Waals surface area contributed by atoms with E-state index >= 15 is 0 Å². The van der Waals surface area contributed by atoms with Gasteiger partial charge in [-0.3, -0.25) is 0 Å². The van der Waals surface area contributed by atoms with Gasteiger partial charge in [-0.05, 0) is 36.8 Å². The fourth-order valence-corrected chi connectivity index (χ4v) is 2.68. The third-order valence-corrected chi connectivity index (χ3v) is 4.05. The summed E-state index contributed by atoms with van der Waals surface area (Å²) in [6, 6.07) is 8.66. The van der Waals surface area contributed by atoms with Crippen molar-refractivity contribution in [1.82, 2.24) is 0 Å². The molecule has 0 aliphatic carbocycles. The molecule has 0 saturated heterocycles. The van der Waals surface area contributed by atoms with E-state index in [0.29, 0.717) is 17.4 Å². The van der Waals surface area contributed by atoms with Crippen LogP contribution in [0, 0.1) is 0 Å². The monoisotopic (exact) mass is 296 g/mol. The summed E-state index contributed by atoms with van der Waals surface area (Å²) in [4.78, 5) is 13.5. The van der Waals surface area contributed by atoms with Crippen LogP contribution in [-0.4, -0.2) is 11.1 Å². The normalized spacial score (nSPS) is 10.4. The number of aryl methyl sites for hydroxylation is 1. The van der Waals surface area contributed by atoms with Gasteiger partial charge in [-0.25, -0.2) is 4.79 Å². The first-order valence-corrected chi connectivity index (χ1v) is 7.03. The van der Waals surface area contributed by atoms with Crippen molar-refractivity contribution < 1.29 is 14.6 Å². The molecule has 0 amide bonds. The number of carboxylic acid groups (broad SMARTS) is 1. The van der Waals surface area contributed by atoms with Gasteiger partial charge in [0.05, 0.1) is 0 Å². The van der Waals surface area contributed by atoms with E-state index in [2.05, 4.69) is 13.0 Å². The first-order valence-electron chi connectivity index (χ1n) is 5.83. The van der Waals surface area contributed by atoms with E-state index in [1.165, 1.54) is 10.9 Å². The SMILES string of the molecule is CCc1ccc(COc2ccc(Cl)cc2C(=O)O)s1. The number of halogens is 1. The molecular weight excluding hydrogens is 284 g/mol. The van der Waals surface area contributed by atoms with Crippen LogP contribution in [0.4, 0.5) is 0 Å². The maximum absolute atomic E-state index is 11.1. The standard InChI is InChI=1S/C14H13ClO3S/c1-2-10-4-5-11(19-10)8-18-13-6-3-9(15)7-12(13)14(16)17/h3-7H,2,8H2,1H3,(H,16,17). The first-order chi connectivity index (χ1) is 9.10. The fraction of sp³-hybridized carbons (Fsp3) is 0.214. The van der Waals surface area contributed by atoms with Crippen LogP contribution in [0.25, 0.3) is 0 Å². The maximum Gasteiger partial charge on any atom is 0.339 e. The topological polar surface area (TPSA) is 46.5 Å². The summed E-state index contributed by atoms with van der Waals surface area (Å²) in [7, 11) is 0. The molecule has 2 rings (SSSR count). The highest BCUT2D eigenvalue weighted by atomic mass is 35.5. The van der Waals surface area contributed by atoms with E-state index in [-0.39, 0.29) is 5.56 Å². The second-order valence-corrected chi connectivity index (χ2v) is 5.65. The Morgan fingerprint density at radius 2 is 2.05 bits per heavy atom. The quantitative estimate of drug-likeness (QED) is 0.897. The number of rotatable bonds is 5. The Balaban J connectivity index is 2.12. The third-order valence-electron chi connectivity index (χ3n) is 2.61. The van der Waals surface area contributed by atoms with E-state index in [4.69, 9.17) is 21.4 Å². The number of ether oxygens (including phenoxy) is 1. The van der Waals surface area contributed by atoms with Gasteiger partial charge >= 0.3 is 5.97 Å². The van der Waals surface area contributed by atoms with Crippen molar-refractivity contribution in [2.75, 3.05) is 0 Å². The molecule has 0 radical (unpaired) electrons. The van der Waals surface area contributed by atoms with Crippen LogP contribution in [-0.2, 0) is 13.0 Å². The summed E-state index contributed by atoms with van der Waals surface area (Å²) in [5, 5.41) is 9.48. The van der Waals surface area contributed by atoms with Gasteiger partial charge in [-0.1, -0.05) is 18.5 Å². The van der Waals surface area contributed by atoms with E-state index < -0.39 is 5.97 Å².